The molecule has 0 aliphatic carbocycles. The van der Waals surface area contributed by atoms with Crippen LogP contribution in [0, 0.1) is 17.0 Å². The zero-order chi connectivity index (χ0) is 17.0. The Morgan fingerprint density at radius 3 is 2.78 bits per heavy atom. The van der Waals surface area contributed by atoms with Crippen LogP contribution in [0.25, 0.3) is 0 Å². The van der Waals surface area contributed by atoms with Crippen molar-refractivity contribution in [1.29, 1.82) is 0 Å². The number of rotatable bonds is 4. The van der Waals surface area contributed by atoms with Gasteiger partial charge in [-0.2, -0.15) is 5.10 Å². The molecule has 2 aromatic rings. The molecule has 0 spiro atoms. The number of hydrazone groups is 1. The first-order valence-corrected chi connectivity index (χ1v) is 6.84. The van der Waals surface area contributed by atoms with Crippen molar-refractivity contribution >= 4 is 29.4 Å². The van der Waals surface area contributed by atoms with Gasteiger partial charge in [0.1, 0.15) is 0 Å². The van der Waals surface area contributed by atoms with E-state index in [4.69, 9.17) is 11.6 Å². The van der Waals surface area contributed by atoms with E-state index in [0.29, 0.717) is 0 Å². The second kappa shape index (κ2) is 6.89. The number of carbonyl (C=O) groups excluding carboxylic acids is 1. The van der Waals surface area contributed by atoms with Crippen molar-refractivity contribution in [1.82, 2.24) is 5.43 Å². The Hall–Kier alpha value is -2.93. The number of nitrogens with zero attached hydrogens (tertiary/aromatic N) is 2. The molecular formula is C15H12ClN3O4. The number of phenolic OH excluding ortho intramolecular Hbond substituents is 1. The smallest absolute Gasteiger partial charge is 0.311 e. The molecule has 23 heavy (non-hydrogen) atoms. The summed E-state index contributed by atoms with van der Waals surface area (Å²) in [5.41, 5.74) is 3.07. The minimum Gasteiger partial charge on any atom is -0.502 e. The Kier molecular flexibility index (Phi) is 4.92. The number of aryl methyl sites for hydroxylation is 1. The van der Waals surface area contributed by atoms with E-state index < -0.39 is 22.3 Å². The highest BCUT2D eigenvalue weighted by molar-refractivity contribution is 6.33. The number of hydrogen-bond acceptors (Lipinski definition) is 5. The van der Waals surface area contributed by atoms with Crippen molar-refractivity contribution in [3.05, 3.63) is 68.2 Å². The minimum atomic E-state index is -0.711. The number of nitro benzene ring substituents is 1. The van der Waals surface area contributed by atoms with Gasteiger partial charge in [0.15, 0.2) is 0 Å². The third-order valence-electron chi connectivity index (χ3n) is 2.98. The molecule has 0 unspecified atom stereocenters. The van der Waals surface area contributed by atoms with Crippen LogP contribution in [0.1, 0.15) is 21.5 Å². The van der Waals surface area contributed by atoms with Crippen LogP contribution in [0.3, 0.4) is 0 Å². The summed E-state index contributed by atoms with van der Waals surface area (Å²) in [6.07, 6.45) is 1.11. The van der Waals surface area contributed by atoms with Crippen LogP contribution in [0.4, 0.5) is 5.69 Å². The summed E-state index contributed by atoms with van der Waals surface area (Å²) < 4.78 is 0. The van der Waals surface area contributed by atoms with Crippen molar-refractivity contribution in [3.8, 4) is 5.75 Å². The Labute approximate surface area is 136 Å². The van der Waals surface area contributed by atoms with Gasteiger partial charge in [-0.1, -0.05) is 23.7 Å². The lowest BCUT2D eigenvalue weighted by Crippen LogP contribution is -2.18. The molecule has 118 valence electrons. The molecule has 2 aromatic carbocycles. The molecule has 7 nitrogen and oxygen atoms in total. The molecule has 0 aliphatic rings. The molecule has 0 bridgehead atoms. The number of hydrogen-bond donors (Lipinski definition) is 2. The molecule has 1 amide bonds. The summed E-state index contributed by atoms with van der Waals surface area (Å²) in [6.45, 7) is 1.84. The first-order valence-electron chi connectivity index (χ1n) is 6.46. The lowest BCUT2D eigenvalue weighted by atomic mass is 10.1. The van der Waals surface area contributed by atoms with E-state index in [0.717, 1.165) is 17.8 Å². The van der Waals surface area contributed by atoms with Crippen molar-refractivity contribution in [2.45, 2.75) is 6.92 Å². The van der Waals surface area contributed by atoms with Crippen LogP contribution in [0.5, 0.6) is 5.75 Å². The molecule has 0 radical (unpaired) electrons. The molecule has 8 heteroatoms. The zero-order valence-electron chi connectivity index (χ0n) is 12.0. The van der Waals surface area contributed by atoms with Crippen molar-refractivity contribution < 1.29 is 14.8 Å². The number of carbonyl (C=O) groups is 1. The van der Waals surface area contributed by atoms with Gasteiger partial charge in [-0.15, -0.1) is 0 Å². The summed E-state index contributed by atoms with van der Waals surface area (Å²) in [7, 11) is 0. The minimum absolute atomic E-state index is 0.106. The van der Waals surface area contributed by atoms with Crippen molar-refractivity contribution in [2.75, 3.05) is 0 Å². The lowest BCUT2D eigenvalue weighted by Gasteiger charge is -2.04. The average Bonchev–Trinajstić information content (AvgIpc) is 2.48. The van der Waals surface area contributed by atoms with Crippen LogP contribution in [0.15, 0.2) is 41.5 Å². The summed E-state index contributed by atoms with van der Waals surface area (Å²) in [5, 5.41) is 24.4. The van der Waals surface area contributed by atoms with Gasteiger partial charge in [0.25, 0.3) is 5.91 Å². The number of phenols is 1. The van der Waals surface area contributed by atoms with Gasteiger partial charge >= 0.3 is 5.69 Å². The average molecular weight is 334 g/mol. The second-order valence-corrected chi connectivity index (χ2v) is 5.06. The molecule has 0 atom stereocenters. The highest BCUT2D eigenvalue weighted by atomic mass is 35.5. The molecule has 2 rings (SSSR count). The normalized spacial score (nSPS) is 10.7. The van der Waals surface area contributed by atoms with E-state index in [9.17, 15) is 20.0 Å². The van der Waals surface area contributed by atoms with E-state index in [-0.39, 0.29) is 16.1 Å². The molecule has 0 heterocycles. The Morgan fingerprint density at radius 1 is 1.39 bits per heavy atom. The second-order valence-electron chi connectivity index (χ2n) is 4.65. The van der Waals surface area contributed by atoms with E-state index >= 15 is 0 Å². The van der Waals surface area contributed by atoms with Gasteiger partial charge < -0.3 is 5.11 Å². The molecule has 0 aromatic heterocycles. The van der Waals surface area contributed by atoms with Gasteiger partial charge in [-0.3, -0.25) is 14.9 Å². The van der Waals surface area contributed by atoms with Crippen LogP contribution in [0.2, 0.25) is 5.02 Å². The first-order chi connectivity index (χ1) is 10.9. The standard InChI is InChI=1S/C15H12ClN3O4/c1-9-5-6-11(12(16)7-9)15(21)18-17-8-10-3-2-4-13(14(10)20)19(22)23/h2-8,20H,1H3,(H,18,21)/b17-8-. The first kappa shape index (κ1) is 16.4. The zero-order valence-corrected chi connectivity index (χ0v) is 12.7. The Bertz CT molecular complexity index is 805. The maximum atomic E-state index is 11.9. The van der Waals surface area contributed by atoms with Crippen molar-refractivity contribution in [2.24, 2.45) is 5.10 Å². The van der Waals surface area contributed by atoms with Crippen LogP contribution in [-0.4, -0.2) is 22.2 Å². The molecule has 2 N–H and O–H groups in total. The summed E-state index contributed by atoms with van der Waals surface area (Å²) in [6, 6.07) is 8.93. The van der Waals surface area contributed by atoms with Gasteiger partial charge in [-0.05, 0) is 30.7 Å². The largest absolute Gasteiger partial charge is 0.502 e. The maximum absolute atomic E-state index is 11.9. The van der Waals surface area contributed by atoms with Gasteiger partial charge in [0.05, 0.1) is 21.7 Å². The van der Waals surface area contributed by atoms with E-state index in [1.165, 1.54) is 12.1 Å². The predicted octanol–water partition coefficient (Wildman–Crippen LogP) is 3.03. The molecule has 0 aliphatic heterocycles. The summed E-state index contributed by atoms with van der Waals surface area (Å²) >= 11 is 5.97. The number of amides is 1. The predicted molar refractivity (Wildman–Crippen MR) is 86.0 cm³/mol. The number of benzene rings is 2. The Balaban J connectivity index is 2.14. The fraction of sp³-hybridized carbons (Fsp3) is 0.0667. The summed E-state index contributed by atoms with van der Waals surface area (Å²) in [5.74, 6) is -1.06. The lowest BCUT2D eigenvalue weighted by molar-refractivity contribution is -0.385. The fourth-order valence-corrected chi connectivity index (χ4v) is 2.15. The van der Waals surface area contributed by atoms with Gasteiger partial charge in [0.2, 0.25) is 5.75 Å². The SMILES string of the molecule is Cc1ccc(C(=O)N/N=C\c2cccc([N+](=O)[O-])c2O)c(Cl)c1. The number of nitro groups is 1. The molecule has 0 saturated heterocycles. The Morgan fingerprint density at radius 2 is 2.13 bits per heavy atom. The molecular weight excluding hydrogens is 322 g/mol. The van der Waals surface area contributed by atoms with Gasteiger partial charge in [-0.25, -0.2) is 5.43 Å². The maximum Gasteiger partial charge on any atom is 0.311 e. The monoisotopic (exact) mass is 333 g/mol. The number of halogens is 1. The highest BCUT2D eigenvalue weighted by Gasteiger charge is 2.15. The number of nitrogens with one attached hydrogen (secondary N) is 1. The molecule has 0 saturated carbocycles. The van der Waals surface area contributed by atoms with E-state index in [2.05, 4.69) is 10.5 Å². The van der Waals surface area contributed by atoms with E-state index in [1.54, 1.807) is 18.2 Å². The van der Waals surface area contributed by atoms with Crippen LogP contribution >= 0.6 is 11.6 Å². The third kappa shape index (κ3) is 3.83. The van der Waals surface area contributed by atoms with Crippen LogP contribution < -0.4 is 5.43 Å². The number of aromatic hydroxyl groups is 1. The van der Waals surface area contributed by atoms with Crippen molar-refractivity contribution in [3.63, 3.8) is 0 Å². The third-order valence-corrected chi connectivity index (χ3v) is 3.29. The highest BCUT2D eigenvalue weighted by Crippen LogP contribution is 2.27. The van der Waals surface area contributed by atoms with E-state index in [1.807, 2.05) is 6.92 Å². The fourth-order valence-electron chi connectivity index (χ4n) is 1.83. The quantitative estimate of drug-likeness (QED) is 0.509. The molecule has 0 fully saturated rings. The number of para-hydroxylation sites is 1. The topological polar surface area (TPSA) is 105 Å². The van der Waals surface area contributed by atoms with Crippen LogP contribution in [-0.2, 0) is 0 Å². The summed E-state index contributed by atoms with van der Waals surface area (Å²) in [4.78, 5) is 22.0. The van der Waals surface area contributed by atoms with Gasteiger partial charge in [0, 0.05) is 11.6 Å².